The lowest BCUT2D eigenvalue weighted by Gasteiger charge is -2.34. The molecule has 1 atom stereocenters. The van der Waals surface area contributed by atoms with Crippen LogP contribution in [0.25, 0.3) is 0 Å². The molecule has 2 aromatic rings. The first-order valence-corrected chi connectivity index (χ1v) is 9.26. The molecular weight excluding hydrogens is 395 g/mol. The molecule has 3 rings (SSSR count). The van der Waals surface area contributed by atoms with Crippen molar-refractivity contribution in [2.24, 2.45) is 7.05 Å². The molecule has 6 nitrogen and oxygen atoms in total. The molecule has 2 heterocycles. The maximum absolute atomic E-state index is 13.1. The Morgan fingerprint density at radius 2 is 2.08 bits per heavy atom. The Morgan fingerprint density at radius 3 is 2.75 bits per heavy atom. The van der Waals surface area contributed by atoms with Crippen molar-refractivity contribution in [3.63, 3.8) is 0 Å². The molecule has 0 spiro atoms. The first-order valence-electron chi connectivity index (χ1n) is 7.06. The Bertz CT molecular complexity index is 825. The van der Waals surface area contributed by atoms with Gasteiger partial charge in [-0.3, -0.25) is 0 Å². The fourth-order valence-electron chi connectivity index (χ4n) is 2.70. The minimum atomic E-state index is -3.78. The van der Waals surface area contributed by atoms with E-state index in [1.165, 1.54) is 10.4 Å². The Kier molecular flexibility index (Phi) is 6.17. The zero-order valence-electron chi connectivity index (χ0n) is 12.8. The van der Waals surface area contributed by atoms with Crippen molar-refractivity contribution >= 4 is 45.6 Å². The number of sulfonamides is 1. The van der Waals surface area contributed by atoms with E-state index in [0.717, 1.165) is 0 Å². The van der Waals surface area contributed by atoms with E-state index >= 15 is 0 Å². The summed E-state index contributed by atoms with van der Waals surface area (Å²) in [5, 5.41) is 3.48. The predicted octanol–water partition coefficient (Wildman–Crippen LogP) is 2.48. The van der Waals surface area contributed by atoms with E-state index in [4.69, 9.17) is 23.2 Å². The Balaban J connectivity index is 0.00000208. The summed E-state index contributed by atoms with van der Waals surface area (Å²) in [5.74, 6) is 0.680. The largest absolute Gasteiger partial charge is 0.337 e. The van der Waals surface area contributed by atoms with Gasteiger partial charge in [-0.15, -0.1) is 12.4 Å². The van der Waals surface area contributed by atoms with E-state index in [1.807, 2.05) is 11.6 Å². The van der Waals surface area contributed by atoms with Crippen LogP contribution in [0.3, 0.4) is 0 Å². The van der Waals surface area contributed by atoms with Gasteiger partial charge in [0.2, 0.25) is 10.0 Å². The highest BCUT2D eigenvalue weighted by Crippen LogP contribution is 2.34. The fraction of sp³-hybridized carbons (Fsp3) is 0.357. The maximum Gasteiger partial charge on any atom is 0.245 e. The maximum atomic E-state index is 13.1. The summed E-state index contributed by atoms with van der Waals surface area (Å²) >= 11 is 12.1. The molecule has 1 aliphatic rings. The number of halogens is 3. The molecule has 0 radical (unpaired) electrons. The summed E-state index contributed by atoms with van der Waals surface area (Å²) < 4.78 is 29.4. The zero-order chi connectivity index (χ0) is 16.6. The minimum Gasteiger partial charge on any atom is -0.337 e. The summed E-state index contributed by atoms with van der Waals surface area (Å²) in [6.07, 6.45) is 3.45. The quantitative estimate of drug-likeness (QED) is 0.842. The number of aromatic nitrogens is 2. The number of piperazine rings is 1. The average molecular weight is 412 g/mol. The molecule has 1 aromatic carbocycles. The molecule has 132 valence electrons. The van der Waals surface area contributed by atoms with E-state index in [0.29, 0.717) is 25.5 Å². The minimum absolute atomic E-state index is 0. The van der Waals surface area contributed by atoms with Crippen LogP contribution in [0.1, 0.15) is 11.9 Å². The van der Waals surface area contributed by atoms with Crippen molar-refractivity contribution in [1.82, 2.24) is 19.2 Å². The van der Waals surface area contributed by atoms with Crippen molar-refractivity contribution in [3.8, 4) is 0 Å². The van der Waals surface area contributed by atoms with Crippen LogP contribution in [0.5, 0.6) is 0 Å². The van der Waals surface area contributed by atoms with Crippen molar-refractivity contribution in [3.05, 3.63) is 46.5 Å². The summed E-state index contributed by atoms with van der Waals surface area (Å²) in [6, 6.07) is 4.22. The molecule has 1 unspecified atom stereocenters. The summed E-state index contributed by atoms with van der Waals surface area (Å²) in [7, 11) is -1.94. The van der Waals surface area contributed by atoms with Crippen LogP contribution in [0, 0.1) is 0 Å². The second kappa shape index (κ2) is 7.59. The summed E-state index contributed by atoms with van der Waals surface area (Å²) in [4.78, 5) is 4.32. The van der Waals surface area contributed by atoms with E-state index in [2.05, 4.69) is 10.3 Å². The second-order valence-electron chi connectivity index (χ2n) is 5.28. The van der Waals surface area contributed by atoms with Gasteiger partial charge in [-0.1, -0.05) is 29.3 Å². The number of benzene rings is 1. The topological polar surface area (TPSA) is 67.2 Å². The lowest BCUT2D eigenvalue weighted by Crippen LogP contribution is -2.49. The third-order valence-electron chi connectivity index (χ3n) is 3.85. The Morgan fingerprint density at radius 1 is 1.33 bits per heavy atom. The Hall–Kier alpha value is -0.830. The van der Waals surface area contributed by atoms with E-state index < -0.39 is 16.1 Å². The zero-order valence-corrected chi connectivity index (χ0v) is 16.0. The van der Waals surface area contributed by atoms with Crippen LogP contribution in [0.2, 0.25) is 10.0 Å². The number of aryl methyl sites for hydroxylation is 1. The molecule has 1 aromatic heterocycles. The molecule has 24 heavy (non-hydrogen) atoms. The van der Waals surface area contributed by atoms with Gasteiger partial charge in [-0.2, -0.15) is 4.31 Å². The van der Waals surface area contributed by atoms with Crippen molar-refractivity contribution < 1.29 is 8.42 Å². The average Bonchev–Trinajstić information content (AvgIpc) is 2.96. The fourth-order valence-corrected chi connectivity index (χ4v) is 5.03. The number of imidazole rings is 1. The molecule has 1 fully saturated rings. The first kappa shape index (κ1) is 19.5. The van der Waals surface area contributed by atoms with Gasteiger partial charge in [0.25, 0.3) is 0 Å². The number of nitrogens with zero attached hydrogens (tertiary/aromatic N) is 3. The summed E-state index contributed by atoms with van der Waals surface area (Å²) in [6.45, 7) is 1.39. The molecule has 1 saturated heterocycles. The van der Waals surface area contributed by atoms with Crippen LogP contribution >= 0.6 is 35.6 Å². The third-order valence-corrected chi connectivity index (χ3v) is 6.74. The molecule has 0 aliphatic carbocycles. The first-order chi connectivity index (χ1) is 10.9. The standard InChI is InChI=1S/C14H16Cl2N4O2S.ClH/c1-19-7-6-18-14(19)11-9-17-5-8-20(11)23(21,22)12-4-2-3-10(15)13(12)16;/h2-4,6-7,11,17H,5,8-9H2,1H3;1H. The number of hydrogen-bond acceptors (Lipinski definition) is 4. The van der Waals surface area contributed by atoms with Crippen LogP contribution < -0.4 is 5.32 Å². The van der Waals surface area contributed by atoms with Gasteiger partial charge in [0.1, 0.15) is 10.7 Å². The van der Waals surface area contributed by atoms with Gasteiger partial charge >= 0.3 is 0 Å². The van der Waals surface area contributed by atoms with Crippen LogP contribution in [0.15, 0.2) is 35.5 Å². The third kappa shape index (κ3) is 3.42. The normalized spacial score (nSPS) is 19.0. The highest BCUT2D eigenvalue weighted by molar-refractivity contribution is 7.89. The monoisotopic (exact) mass is 410 g/mol. The number of rotatable bonds is 3. The van der Waals surface area contributed by atoms with E-state index in [1.54, 1.807) is 24.5 Å². The van der Waals surface area contributed by atoms with Gasteiger partial charge < -0.3 is 9.88 Å². The molecule has 10 heteroatoms. The van der Waals surface area contributed by atoms with Crippen molar-refractivity contribution in [2.75, 3.05) is 19.6 Å². The summed E-state index contributed by atoms with van der Waals surface area (Å²) in [5.41, 5.74) is 0. The molecule has 1 aliphatic heterocycles. The van der Waals surface area contributed by atoms with E-state index in [9.17, 15) is 8.42 Å². The molecule has 0 bridgehead atoms. The highest BCUT2D eigenvalue weighted by atomic mass is 35.5. The van der Waals surface area contributed by atoms with Gasteiger partial charge in [0, 0.05) is 39.1 Å². The second-order valence-corrected chi connectivity index (χ2v) is 7.93. The van der Waals surface area contributed by atoms with E-state index in [-0.39, 0.29) is 27.3 Å². The van der Waals surface area contributed by atoms with Crippen LogP contribution in [-0.2, 0) is 17.1 Å². The molecule has 0 saturated carbocycles. The SMILES string of the molecule is Cl.Cn1ccnc1C1CNCCN1S(=O)(=O)c1cccc(Cl)c1Cl. The lowest BCUT2D eigenvalue weighted by atomic mass is 10.2. The number of nitrogens with one attached hydrogen (secondary N) is 1. The van der Waals surface area contributed by atoms with Gasteiger partial charge in [0.05, 0.1) is 16.1 Å². The Labute approximate surface area is 157 Å². The van der Waals surface area contributed by atoms with Crippen molar-refractivity contribution in [2.45, 2.75) is 10.9 Å². The predicted molar refractivity (Wildman–Crippen MR) is 96.4 cm³/mol. The van der Waals surface area contributed by atoms with Crippen LogP contribution in [-0.4, -0.2) is 41.9 Å². The molecule has 0 amide bonds. The van der Waals surface area contributed by atoms with Gasteiger partial charge in [0.15, 0.2) is 0 Å². The molecular formula is C14H17Cl3N4O2S. The lowest BCUT2D eigenvalue weighted by molar-refractivity contribution is 0.258. The molecule has 1 N–H and O–H groups in total. The number of hydrogen-bond donors (Lipinski definition) is 1. The van der Waals surface area contributed by atoms with Crippen LogP contribution in [0.4, 0.5) is 0 Å². The van der Waals surface area contributed by atoms with Gasteiger partial charge in [-0.25, -0.2) is 13.4 Å². The van der Waals surface area contributed by atoms with Crippen molar-refractivity contribution in [1.29, 1.82) is 0 Å². The smallest absolute Gasteiger partial charge is 0.245 e. The van der Waals surface area contributed by atoms with Gasteiger partial charge in [-0.05, 0) is 12.1 Å². The highest BCUT2D eigenvalue weighted by Gasteiger charge is 2.37.